The summed E-state index contributed by atoms with van der Waals surface area (Å²) in [6.07, 6.45) is 2.17. The van der Waals surface area contributed by atoms with E-state index in [1.165, 1.54) is 11.1 Å². The van der Waals surface area contributed by atoms with Gasteiger partial charge in [0.1, 0.15) is 0 Å². The number of hydrogen-bond acceptors (Lipinski definition) is 3. The van der Waals surface area contributed by atoms with E-state index in [4.69, 9.17) is 11.6 Å². The van der Waals surface area contributed by atoms with E-state index in [1.807, 2.05) is 12.1 Å². The molecule has 0 aliphatic heterocycles. The molecule has 3 heteroatoms. The Balaban J connectivity index is 3.41. The van der Waals surface area contributed by atoms with E-state index in [1.54, 1.807) is 0 Å². The average Bonchev–Trinajstić information content (AvgIpc) is 2.36. The van der Waals surface area contributed by atoms with Gasteiger partial charge in [0.05, 0.1) is 5.69 Å². The van der Waals surface area contributed by atoms with Crippen LogP contribution in [0, 0.1) is 0 Å². The van der Waals surface area contributed by atoms with Gasteiger partial charge < -0.3 is 11.2 Å². The van der Waals surface area contributed by atoms with Crippen LogP contribution in [0.25, 0.3) is 0 Å². The molecular weight excluding hydrogens is 210 g/mol. The number of hydrogen-bond donors (Lipinski definition) is 3. The van der Waals surface area contributed by atoms with E-state index >= 15 is 0 Å². The van der Waals surface area contributed by atoms with Crippen molar-refractivity contribution in [2.75, 3.05) is 11.2 Å². The SMILES string of the molecule is CCC(C)c1c(N)ccc(NN)c1C(C)CC. The van der Waals surface area contributed by atoms with Crippen LogP contribution in [0.4, 0.5) is 11.4 Å². The van der Waals surface area contributed by atoms with Crippen molar-refractivity contribution < 1.29 is 0 Å². The van der Waals surface area contributed by atoms with Gasteiger partial charge >= 0.3 is 0 Å². The summed E-state index contributed by atoms with van der Waals surface area (Å²) < 4.78 is 0. The molecule has 2 atom stereocenters. The number of anilines is 2. The van der Waals surface area contributed by atoms with Gasteiger partial charge in [-0.05, 0) is 47.9 Å². The van der Waals surface area contributed by atoms with Crippen LogP contribution in [-0.4, -0.2) is 0 Å². The number of benzene rings is 1. The van der Waals surface area contributed by atoms with E-state index in [9.17, 15) is 0 Å². The molecule has 0 amide bonds. The Hall–Kier alpha value is -1.22. The third-order valence-electron chi connectivity index (χ3n) is 3.69. The first-order valence-corrected chi connectivity index (χ1v) is 6.45. The fourth-order valence-corrected chi connectivity index (χ4v) is 2.27. The summed E-state index contributed by atoms with van der Waals surface area (Å²) in [5.74, 6) is 6.54. The van der Waals surface area contributed by atoms with Crippen LogP contribution in [-0.2, 0) is 0 Å². The predicted molar refractivity (Wildman–Crippen MR) is 76.1 cm³/mol. The van der Waals surface area contributed by atoms with Crippen molar-refractivity contribution in [2.24, 2.45) is 5.84 Å². The second-order valence-electron chi connectivity index (χ2n) is 4.79. The first kappa shape index (κ1) is 13.8. The second-order valence-corrected chi connectivity index (χ2v) is 4.79. The van der Waals surface area contributed by atoms with E-state index in [2.05, 4.69) is 33.1 Å². The standard InChI is InChI=1S/C14H25N3/c1-5-9(3)13-11(15)7-8-12(17-16)14(13)10(4)6-2/h7-10,17H,5-6,15-16H2,1-4H3. The van der Waals surface area contributed by atoms with E-state index in [-0.39, 0.29) is 0 Å². The van der Waals surface area contributed by atoms with Gasteiger partial charge in [0.2, 0.25) is 0 Å². The van der Waals surface area contributed by atoms with Crippen LogP contribution in [0.2, 0.25) is 0 Å². The van der Waals surface area contributed by atoms with Crippen molar-refractivity contribution in [1.82, 2.24) is 0 Å². The fraction of sp³-hybridized carbons (Fsp3) is 0.571. The zero-order valence-electron chi connectivity index (χ0n) is 11.4. The molecule has 0 saturated heterocycles. The van der Waals surface area contributed by atoms with Crippen LogP contribution in [0.3, 0.4) is 0 Å². The molecule has 5 N–H and O–H groups in total. The topological polar surface area (TPSA) is 64.1 Å². The Morgan fingerprint density at radius 2 is 1.59 bits per heavy atom. The van der Waals surface area contributed by atoms with Gasteiger partial charge in [-0.2, -0.15) is 0 Å². The summed E-state index contributed by atoms with van der Waals surface area (Å²) in [5.41, 5.74) is 13.4. The molecule has 0 fully saturated rings. The highest BCUT2D eigenvalue weighted by Gasteiger charge is 2.19. The molecule has 3 nitrogen and oxygen atoms in total. The van der Waals surface area contributed by atoms with Crippen LogP contribution in [0.1, 0.15) is 63.5 Å². The lowest BCUT2D eigenvalue weighted by molar-refractivity contribution is 0.679. The molecule has 1 aromatic carbocycles. The first-order valence-electron chi connectivity index (χ1n) is 6.45. The summed E-state index contributed by atoms with van der Waals surface area (Å²) in [6.45, 7) is 8.82. The van der Waals surface area contributed by atoms with E-state index < -0.39 is 0 Å². The lowest BCUT2D eigenvalue weighted by atomic mass is 9.84. The quantitative estimate of drug-likeness (QED) is 0.415. The Bertz CT molecular complexity index is 374. The Labute approximate surface area is 105 Å². The van der Waals surface area contributed by atoms with Gasteiger partial charge in [0.25, 0.3) is 0 Å². The highest BCUT2D eigenvalue weighted by Crippen LogP contribution is 2.38. The Morgan fingerprint density at radius 1 is 1.06 bits per heavy atom. The van der Waals surface area contributed by atoms with E-state index in [0.29, 0.717) is 11.8 Å². The molecule has 17 heavy (non-hydrogen) atoms. The summed E-state index contributed by atoms with van der Waals surface area (Å²) in [7, 11) is 0. The van der Waals surface area contributed by atoms with Gasteiger partial charge in [-0.1, -0.05) is 27.7 Å². The van der Waals surface area contributed by atoms with Crippen LogP contribution >= 0.6 is 0 Å². The van der Waals surface area contributed by atoms with Gasteiger partial charge in [0, 0.05) is 5.69 Å². The van der Waals surface area contributed by atoms with Crippen LogP contribution in [0.15, 0.2) is 12.1 Å². The maximum atomic E-state index is 6.15. The molecule has 2 unspecified atom stereocenters. The zero-order chi connectivity index (χ0) is 13.0. The predicted octanol–water partition coefficient (Wildman–Crippen LogP) is 3.58. The molecule has 0 radical (unpaired) electrons. The minimum atomic E-state index is 0.465. The Morgan fingerprint density at radius 3 is 2.06 bits per heavy atom. The number of nitrogens with one attached hydrogen (secondary N) is 1. The maximum Gasteiger partial charge on any atom is 0.0524 e. The lowest BCUT2D eigenvalue weighted by Crippen LogP contribution is -2.14. The fourth-order valence-electron chi connectivity index (χ4n) is 2.27. The highest BCUT2D eigenvalue weighted by molar-refractivity contribution is 5.65. The van der Waals surface area contributed by atoms with Gasteiger partial charge in [-0.3, -0.25) is 5.84 Å². The molecule has 0 spiro atoms. The second kappa shape index (κ2) is 5.92. The average molecular weight is 235 g/mol. The van der Waals surface area contributed by atoms with Crippen LogP contribution < -0.4 is 17.0 Å². The summed E-state index contributed by atoms with van der Waals surface area (Å²) in [5, 5.41) is 0. The van der Waals surface area contributed by atoms with E-state index in [0.717, 1.165) is 24.2 Å². The van der Waals surface area contributed by atoms with Crippen LogP contribution in [0.5, 0.6) is 0 Å². The zero-order valence-corrected chi connectivity index (χ0v) is 11.4. The molecule has 0 aliphatic carbocycles. The van der Waals surface area contributed by atoms with Crippen molar-refractivity contribution in [3.8, 4) is 0 Å². The number of nitrogens with two attached hydrogens (primary N) is 2. The molecule has 0 aromatic heterocycles. The number of rotatable bonds is 5. The smallest absolute Gasteiger partial charge is 0.0524 e. The monoisotopic (exact) mass is 235 g/mol. The normalized spacial score (nSPS) is 14.4. The number of nitrogen functional groups attached to an aromatic ring is 2. The summed E-state index contributed by atoms with van der Waals surface area (Å²) in [6, 6.07) is 3.92. The summed E-state index contributed by atoms with van der Waals surface area (Å²) >= 11 is 0. The third-order valence-corrected chi connectivity index (χ3v) is 3.69. The largest absolute Gasteiger partial charge is 0.398 e. The summed E-state index contributed by atoms with van der Waals surface area (Å²) in [4.78, 5) is 0. The molecule has 1 aromatic rings. The lowest BCUT2D eigenvalue weighted by Gasteiger charge is -2.24. The molecule has 0 aliphatic rings. The third kappa shape index (κ3) is 2.72. The molecule has 0 saturated carbocycles. The number of hydrazine groups is 1. The molecule has 0 bridgehead atoms. The molecule has 96 valence electrons. The minimum Gasteiger partial charge on any atom is -0.398 e. The van der Waals surface area contributed by atoms with Crippen molar-refractivity contribution in [3.05, 3.63) is 23.3 Å². The molecular formula is C14H25N3. The molecule has 1 rings (SSSR count). The van der Waals surface area contributed by atoms with Crippen molar-refractivity contribution in [2.45, 2.75) is 52.4 Å². The van der Waals surface area contributed by atoms with Gasteiger partial charge in [0.15, 0.2) is 0 Å². The van der Waals surface area contributed by atoms with Crippen molar-refractivity contribution in [3.63, 3.8) is 0 Å². The first-order chi connectivity index (χ1) is 8.06. The molecule has 0 heterocycles. The van der Waals surface area contributed by atoms with Gasteiger partial charge in [-0.25, -0.2) is 0 Å². The van der Waals surface area contributed by atoms with Crippen molar-refractivity contribution >= 4 is 11.4 Å². The minimum absolute atomic E-state index is 0.465. The van der Waals surface area contributed by atoms with Gasteiger partial charge in [-0.15, -0.1) is 0 Å². The Kier molecular flexibility index (Phi) is 4.82. The highest BCUT2D eigenvalue weighted by atomic mass is 15.2. The maximum absolute atomic E-state index is 6.15. The van der Waals surface area contributed by atoms with Crippen molar-refractivity contribution in [1.29, 1.82) is 0 Å².